The topological polar surface area (TPSA) is 0 Å². The minimum absolute atomic E-state index is 0. The molecule has 0 heterocycles. The molecule has 19 heavy (non-hydrogen) atoms. The van der Waals surface area contributed by atoms with Gasteiger partial charge in [-0.15, -0.1) is 54.7 Å². The number of halogens is 2. The Balaban J connectivity index is -0.000000112. The van der Waals surface area contributed by atoms with E-state index in [9.17, 15) is 0 Å². The SMILES string of the molecule is Br.Br.CC1=[C-]C(C)(C)C(C)=C1C.CC=C(C)[CH-]C.[Zr+2]. The van der Waals surface area contributed by atoms with Gasteiger partial charge in [0.1, 0.15) is 0 Å². The summed E-state index contributed by atoms with van der Waals surface area (Å²) in [7, 11) is 0. The summed E-state index contributed by atoms with van der Waals surface area (Å²) in [4.78, 5) is 0. The van der Waals surface area contributed by atoms with Crippen LogP contribution >= 0.6 is 34.0 Å². The quantitative estimate of drug-likeness (QED) is 0.386. The third-order valence-electron chi connectivity index (χ3n) is 3.47. The van der Waals surface area contributed by atoms with Crippen LogP contribution in [0.2, 0.25) is 0 Å². The van der Waals surface area contributed by atoms with E-state index in [1.54, 1.807) is 0 Å². The molecule has 0 bridgehead atoms. The zero-order chi connectivity index (χ0) is 12.9. The van der Waals surface area contributed by atoms with E-state index in [-0.39, 0.29) is 65.6 Å². The maximum Gasteiger partial charge on any atom is 2.00 e. The summed E-state index contributed by atoms with van der Waals surface area (Å²) >= 11 is 0. The van der Waals surface area contributed by atoms with Gasteiger partial charge in [-0.2, -0.15) is 11.1 Å². The Kier molecular flexibility index (Phi) is 18.7. The van der Waals surface area contributed by atoms with Crippen molar-refractivity contribution in [1.82, 2.24) is 0 Å². The second-order valence-corrected chi connectivity index (χ2v) is 4.95. The molecule has 0 radical (unpaired) electrons. The van der Waals surface area contributed by atoms with E-state index in [0.717, 1.165) is 0 Å². The average molecular weight is 471 g/mol. The second-order valence-electron chi connectivity index (χ2n) is 4.95. The Hall–Kier alpha value is 0.933. The molecule has 1 aliphatic rings. The van der Waals surface area contributed by atoms with Crippen molar-refractivity contribution in [3.63, 3.8) is 0 Å². The smallest absolute Gasteiger partial charge is 0.263 e. The van der Waals surface area contributed by atoms with Crippen LogP contribution in [0.4, 0.5) is 0 Å². The van der Waals surface area contributed by atoms with E-state index in [4.69, 9.17) is 0 Å². The minimum Gasteiger partial charge on any atom is -0.263 e. The van der Waals surface area contributed by atoms with Crippen molar-refractivity contribution < 1.29 is 26.2 Å². The van der Waals surface area contributed by atoms with E-state index in [0.29, 0.717) is 0 Å². The van der Waals surface area contributed by atoms with Crippen LogP contribution < -0.4 is 0 Å². The molecular formula is C16H28Br2Zr. The first-order valence-corrected chi connectivity index (χ1v) is 5.98. The maximum absolute atomic E-state index is 3.44. The first kappa shape index (κ1) is 28.1. The predicted molar refractivity (Wildman–Crippen MR) is 94.6 cm³/mol. The molecule has 0 saturated heterocycles. The summed E-state index contributed by atoms with van der Waals surface area (Å²) in [5.74, 6) is 0. The van der Waals surface area contributed by atoms with E-state index in [1.807, 2.05) is 13.8 Å². The van der Waals surface area contributed by atoms with Crippen molar-refractivity contribution in [2.24, 2.45) is 5.41 Å². The van der Waals surface area contributed by atoms with Crippen LogP contribution in [0.3, 0.4) is 0 Å². The first-order chi connectivity index (χ1) is 7.26. The van der Waals surface area contributed by atoms with Crippen molar-refractivity contribution >= 4 is 34.0 Å². The van der Waals surface area contributed by atoms with Gasteiger partial charge < -0.3 is 0 Å². The minimum atomic E-state index is 0. The summed E-state index contributed by atoms with van der Waals surface area (Å²) in [5.41, 5.74) is 5.74. The second kappa shape index (κ2) is 12.7. The van der Waals surface area contributed by atoms with E-state index in [2.05, 4.69) is 60.1 Å². The molecule has 1 rings (SSSR count). The molecule has 1 aliphatic carbocycles. The summed E-state index contributed by atoms with van der Waals surface area (Å²) in [6, 6.07) is 0. The molecule has 110 valence electrons. The molecule has 0 nitrogen and oxygen atoms in total. The molecule has 0 atom stereocenters. The van der Waals surface area contributed by atoms with Gasteiger partial charge in [-0.3, -0.25) is 6.08 Å². The van der Waals surface area contributed by atoms with Crippen molar-refractivity contribution in [1.29, 1.82) is 0 Å². The molecule has 0 aliphatic heterocycles. The first-order valence-electron chi connectivity index (χ1n) is 5.98. The standard InChI is InChI=1S/C10H15.C6H11.2BrH.Zr/c1-7-6-10(4,5)9(3)8(7)2;1-4-6(3)5-2;;;/h1-5H3;4-5H,1-3H3;2*1H;/q2*-1;;;+2. The number of hydrogen-bond acceptors (Lipinski definition) is 0. The fraction of sp³-hybridized carbons (Fsp3) is 0.562. The fourth-order valence-electron chi connectivity index (χ4n) is 1.57. The molecule has 0 aromatic rings. The van der Waals surface area contributed by atoms with E-state index >= 15 is 0 Å². The summed E-state index contributed by atoms with van der Waals surface area (Å²) in [6.07, 6.45) is 7.60. The Bertz CT molecular complexity index is 337. The zero-order valence-electron chi connectivity index (χ0n) is 13.5. The monoisotopic (exact) mass is 468 g/mol. The summed E-state index contributed by atoms with van der Waals surface area (Å²) < 4.78 is 0. The number of hydrogen-bond donors (Lipinski definition) is 0. The molecule has 0 unspecified atom stereocenters. The van der Waals surface area contributed by atoms with E-state index in [1.165, 1.54) is 22.3 Å². The van der Waals surface area contributed by atoms with Gasteiger partial charge in [-0.05, 0) is 0 Å². The van der Waals surface area contributed by atoms with Gasteiger partial charge in [0.2, 0.25) is 0 Å². The fourth-order valence-corrected chi connectivity index (χ4v) is 1.57. The van der Waals surface area contributed by atoms with Crippen LogP contribution in [0, 0.1) is 17.9 Å². The number of rotatable bonds is 1. The number of allylic oxidation sites excluding steroid dienone is 6. The van der Waals surface area contributed by atoms with Crippen molar-refractivity contribution in [3.05, 3.63) is 40.9 Å². The van der Waals surface area contributed by atoms with Crippen molar-refractivity contribution in [2.45, 2.75) is 55.4 Å². The van der Waals surface area contributed by atoms with Gasteiger partial charge in [0.25, 0.3) is 0 Å². The van der Waals surface area contributed by atoms with Crippen LogP contribution in [0.25, 0.3) is 0 Å². The third kappa shape index (κ3) is 9.48. The van der Waals surface area contributed by atoms with Gasteiger partial charge in [0, 0.05) is 0 Å². The molecule has 0 amide bonds. The Morgan fingerprint density at radius 3 is 1.63 bits per heavy atom. The molecule has 0 aromatic carbocycles. The Morgan fingerprint density at radius 1 is 1.16 bits per heavy atom. The van der Waals surface area contributed by atoms with Crippen LogP contribution in [0.5, 0.6) is 0 Å². The van der Waals surface area contributed by atoms with E-state index < -0.39 is 0 Å². The summed E-state index contributed by atoms with van der Waals surface area (Å²) in [5, 5.41) is 0. The largest absolute Gasteiger partial charge is 2.00 e. The Morgan fingerprint density at radius 2 is 1.58 bits per heavy atom. The predicted octanol–water partition coefficient (Wildman–Crippen LogP) is 6.44. The molecule has 0 N–H and O–H groups in total. The molecule has 0 fully saturated rings. The van der Waals surface area contributed by atoms with Crippen LogP contribution in [0.15, 0.2) is 28.4 Å². The Labute approximate surface area is 160 Å². The van der Waals surface area contributed by atoms with Crippen LogP contribution in [-0.2, 0) is 26.2 Å². The van der Waals surface area contributed by atoms with Gasteiger partial charge in [0.15, 0.2) is 0 Å². The molecule has 0 saturated carbocycles. The average Bonchev–Trinajstić information content (AvgIpc) is 2.41. The summed E-state index contributed by atoms with van der Waals surface area (Å²) in [6.45, 7) is 17.1. The normalized spacial score (nSPS) is 16.0. The van der Waals surface area contributed by atoms with Crippen LogP contribution in [-0.4, -0.2) is 0 Å². The van der Waals surface area contributed by atoms with Crippen LogP contribution in [0.1, 0.15) is 55.4 Å². The van der Waals surface area contributed by atoms with Gasteiger partial charge in [0.05, 0.1) is 0 Å². The third-order valence-corrected chi connectivity index (χ3v) is 3.47. The molecular weight excluding hydrogens is 443 g/mol. The van der Waals surface area contributed by atoms with Crippen molar-refractivity contribution in [3.8, 4) is 0 Å². The molecule has 0 spiro atoms. The molecule has 0 aromatic heterocycles. The van der Waals surface area contributed by atoms with Gasteiger partial charge in [-0.1, -0.05) is 40.0 Å². The van der Waals surface area contributed by atoms with Gasteiger partial charge >= 0.3 is 26.2 Å². The maximum atomic E-state index is 3.44. The molecule has 3 heteroatoms. The van der Waals surface area contributed by atoms with Gasteiger partial charge in [-0.25, -0.2) is 23.6 Å². The van der Waals surface area contributed by atoms with Crippen molar-refractivity contribution in [2.75, 3.05) is 0 Å². The zero-order valence-corrected chi connectivity index (χ0v) is 19.4.